The summed E-state index contributed by atoms with van der Waals surface area (Å²) in [5.74, 6) is 1.02. The number of fused-ring (bicyclic) bond motifs is 1. The monoisotopic (exact) mass is 347 g/mol. The highest BCUT2D eigenvalue weighted by molar-refractivity contribution is 9.10. The average molecular weight is 348 g/mol. The van der Waals surface area contributed by atoms with E-state index in [4.69, 9.17) is 9.47 Å². The molecule has 0 saturated carbocycles. The van der Waals surface area contributed by atoms with Crippen LogP contribution in [0.25, 0.3) is 0 Å². The summed E-state index contributed by atoms with van der Waals surface area (Å²) in [6.45, 7) is 2.79. The Hall–Kier alpha value is -1.85. The van der Waals surface area contributed by atoms with Gasteiger partial charge in [-0.3, -0.25) is 4.99 Å². The molecule has 0 aliphatic carbocycles. The normalized spacial score (nSPS) is 14.0. The maximum atomic E-state index is 10.0. The number of nitrogens with zero attached hydrogens (tertiary/aromatic N) is 1. The molecule has 0 amide bonds. The standard InChI is InChI=1S/C16H14BrNO3/c1-10-4-11(16(19)14(17)5-10)7-18-13-2-3-15-12(6-13)8-20-9-21-15/h2-7,19H,8-9H2,1H3/b18-7+. The number of ether oxygens (including phenoxy) is 2. The largest absolute Gasteiger partial charge is 0.506 e. The van der Waals surface area contributed by atoms with Gasteiger partial charge in [0, 0.05) is 17.3 Å². The number of benzene rings is 2. The van der Waals surface area contributed by atoms with Crippen LogP contribution in [0.4, 0.5) is 5.69 Å². The van der Waals surface area contributed by atoms with Crippen molar-refractivity contribution in [2.75, 3.05) is 6.79 Å². The van der Waals surface area contributed by atoms with Crippen molar-refractivity contribution >= 4 is 27.8 Å². The van der Waals surface area contributed by atoms with E-state index in [2.05, 4.69) is 20.9 Å². The number of aliphatic imine (C=N–C) groups is 1. The summed E-state index contributed by atoms with van der Waals surface area (Å²) in [6, 6.07) is 9.43. The minimum absolute atomic E-state index is 0.189. The minimum atomic E-state index is 0.189. The summed E-state index contributed by atoms with van der Waals surface area (Å²) in [4.78, 5) is 4.41. The van der Waals surface area contributed by atoms with Crippen molar-refractivity contribution in [3.63, 3.8) is 0 Å². The Balaban J connectivity index is 1.89. The molecule has 3 rings (SSSR count). The zero-order valence-corrected chi connectivity index (χ0v) is 13.1. The maximum absolute atomic E-state index is 10.0. The van der Waals surface area contributed by atoms with Gasteiger partial charge in [-0.1, -0.05) is 0 Å². The summed E-state index contributed by atoms with van der Waals surface area (Å²) in [5.41, 5.74) is 3.49. The second-order valence-electron chi connectivity index (χ2n) is 4.85. The van der Waals surface area contributed by atoms with E-state index >= 15 is 0 Å². The minimum Gasteiger partial charge on any atom is -0.506 e. The molecule has 0 spiro atoms. The van der Waals surface area contributed by atoms with Crippen molar-refractivity contribution in [1.29, 1.82) is 0 Å². The van der Waals surface area contributed by atoms with Crippen LogP contribution in [0.1, 0.15) is 16.7 Å². The zero-order valence-electron chi connectivity index (χ0n) is 11.5. The van der Waals surface area contributed by atoms with E-state index in [0.29, 0.717) is 23.4 Å². The van der Waals surface area contributed by atoms with Crippen LogP contribution in [-0.4, -0.2) is 18.1 Å². The second kappa shape index (κ2) is 5.87. The predicted octanol–water partition coefficient (Wildman–Crippen LogP) is 4.08. The maximum Gasteiger partial charge on any atom is 0.189 e. The summed E-state index contributed by atoms with van der Waals surface area (Å²) < 4.78 is 11.3. The summed E-state index contributed by atoms with van der Waals surface area (Å²) in [6.07, 6.45) is 1.65. The van der Waals surface area contributed by atoms with Crippen LogP contribution in [0, 0.1) is 6.92 Å². The van der Waals surface area contributed by atoms with Gasteiger partial charge in [-0.2, -0.15) is 0 Å². The first-order valence-corrected chi connectivity index (χ1v) is 7.29. The molecule has 1 aliphatic rings. The number of phenols is 1. The Morgan fingerprint density at radius 1 is 1.29 bits per heavy atom. The zero-order chi connectivity index (χ0) is 14.8. The van der Waals surface area contributed by atoms with E-state index in [-0.39, 0.29) is 5.75 Å². The first kappa shape index (κ1) is 14.1. The lowest BCUT2D eigenvalue weighted by molar-refractivity contribution is -0.0163. The number of phenolic OH excluding ortho intramolecular Hbond substituents is 1. The highest BCUT2D eigenvalue weighted by atomic mass is 79.9. The lowest BCUT2D eigenvalue weighted by atomic mass is 10.1. The average Bonchev–Trinajstić information content (AvgIpc) is 2.49. The molecular formula is C16H14BrNO3. The highest BCUT2D eigenvalue weighted by Crippen LogP contribution is 2.30. The molecule has 2 aromatic rings. The molecule has 1 N–H and O–H groups in total. The first-order chi connectivity index (χ1) is 10.1. The highest BCUT2D eigenvalue weighted by Gasteiger charge is 2.10. The molecule has 1 aliphatic heterocycles. The van der Waals surface area contributed by atoms with Crippen LogP contribution in [-0.2, 0) is 11.3 Å². The Kier molecular flexibility index (Phi) is 3.94. The van der Waals surface area contributed by atoms with Crippen LogP contribution in [0.2, 0.25) is 0 Å². The third kappa shape index (κ3) is 3.09. The van der Waals surface area contributed by atoms with Gasteiger partial charge in [-0.25, -0.2) is 0 Å². The van der Waals surface area contributed by atoms with Gasteiger partial charge >= 0.3 is 0 Å². The smallest absolute Gasteiger partial charge is 0.189 e. The molecule has 0 aromatic heterocycles. The number of aromatic hydroxyl groups is 1. The van der Waals surface area contributed by atoms with Crippen LogP contribution in [0.15, 0.2) is 39.8 Å². The van der Waals surface area contributed by atoms with Crippen molar-refractivity contribution in [3.05, 3.63) is 51.5 Å². The lowest BCUT2D eigenvalue weighted by Crippen LogP contribution is -2.10. The molecule has 0 fully saturated rings. The molecule has 0 bridgehead atoms. The molecule has 0 radical (unpaired) electrons. The Labute approximate surface area is 131 Å². The van der Waals surface area contributed by atoms with Crippen molar-refractivity contribution in [1.82, 2.24) is 0 Å². The van der Waals surface area contributed by atoms with Crippen molar-refractivity contribution in [2.45, 2.75) is 13.5 Å². The number of rotatable bonds is 2. The predicted molar refractivity (Wildman–Crippen MR) is 84.5 cm³/mol. The molecule has 0 unspecified atom stereocenters. The van der Waals surface area contributed by atoms with E-state index in [1.54, 1.807) is 6.21 Å². The SMILES string of the molecule is Cc1cc(Br)c(O)c(/C=N/c2ccc3c(c2)COCO3)c1. The first-order valence-electron chi connectivity index (χ1n) is 6.50. The fourth-order valence-electron chi connectivity index (χ4n) is 2.16. The van der Waals surface area contributed by atoms with Crippen molar-refractivity contribution < 1.29 is 14.6 Å². The summed E-state index contributed by atoms with van der Waals surface area (Å²) >= 11 is 3.33. The van der Waals surface area contributed by atoms with Crippen molar-refractivity contribution in [3.8, 4) is 11.5 Å². The van der Waals surface area contributed by atoms with E-state index in [0.717, 1.165) is 22.6 Å². The van der Waals surface area contributed by atoms with Crippen LogP contribution in [0.5, 0.6) is 11.5 Å². The van der Waals surface area contributed by atoms with Crippen molar-refractivity contribution in [2.24, 2.45) is 4.99 Å². The van der Waals surface area contributed by atoms with Gasteiger partial charge in [-0.05, 0) is 58.7 Å². The molecule has 2 aromatic carbocycles. The molecule has 0 saturated heterocycles. The van der Waals surface area contributed by atoms with Gasteiger partial charge in [0.25, 0.3) is 0 Å². The fraction of sp³-hybridized carbons (Fsp3) is 0.188. The number of aryl methyl sites for hydroxylation is 1. The molecule has 4 nitrogen and oxygen atoms in total. The third-order valence-electron chi connectivity index (χ3n) is 3.19. The van der Waals surface area contributed by atoms with Gasteiger partial charge in [-0.15, -0.1) is 0 Å². The van der Waals surface area contributed by atoms with Gasteiger partial charge in [0.15, 0.2) is 6.79 Å². The van der Waals surface area contributed by atoms with Gasteiger partial charge < -0.3 is 14.6 Å². The van der Waals surface area contributed by atoms with Crippen LogP contribution < -0.4 is 4.74 Å². The van der Waals surface area contributed by atoms with E-state index in [1.165, 1.54) is 0 Å². The topological polar surface area (TPSA) is 51.1 Å². The molecular weight excluding hydrogens is 334 g/mol. The quantitative estimate of drug-likeness (QED) is 0.832. The van der Waals surface area contributed by atoms with E-state index < -0.39 is 0 Å². The number of hydrogen-bond donors (Lipinski definition) is 1. The summed E-state index contributed by atoms with van der Waals surface area (Å²) in [5, 5.41) is 10.0. The van der Waals surface area contributed by atoms with E-state index in [1.807, 2.05) is 37.3 Å². The summed E-state index contributed by atoms with van der Waals surface area (Å²) in [7, 11) is 0. The fourth-order valence-corrected chi connectivity index (χ4v) is 2.75. The second-order valence-corrected chi connectivity index (χ2v) is 5.70. The number of hydrogen-bond acceptors (Lipinski definition) is 4. The molecule has 1 heterocycles. The Morgan fingerprint density at radius 3 is 3.00 bits per heavy atom. The molecule has 108 valence electrons. The third-order valence-corrected chi connectivity index (χ3v) is 3.79. The van der Waals surface area contributed by atoms with Crippen LogP contribution in [0.3, 0.4) is 0 Å². The Bertz CT molecular complexity index is 713. The van der Waals surface area contributed by atoms with Gasteiger partial charge in [0.05, 0.1) is 16.8 Å². The van der Waals surface area contributed by atoms with Gasteiger partial charge in [0.2, 0.25) is 0 Å². The molecule has 0 atom stereocenters. The van der Waals surface area contributed by atoms with E-state index in [9.17, 15) is 5.11 Å². The molecule has 21 heavy (non-hydrogen) atoms. The van der Waals surface area contributed by atoms with Crippen LogP contribution >= 0.6 is 15.9 Å². The molecule has 5 heteroatoms. The van der Waals surface area contributed by atoms with Gasteiger partial charge in [0.1, 0.15) is 11.5 Å². The lowest BCUT2D eigenvalue weighted by Gasteiger charge is -2.17. The number of halogens is 1. The Morgan fingerprint density at radius 2 is 2.14 bits per heavy atom.